The Morgan fingerprint density at radius 1 is 0.933 bits per heavy atom. The largest absolute Gasteiger partial charge is 0.418 e. The molecule has 0 aliphatic carbocycles. The summed E-state index contributed by atoms with van der Waals surface area (Å²) in [4.78, 5) is 24.5. The van der Waals surface area contributed by atoms with Gasteiger partial charge in [0.1, 0.15) is 11.2 Å². The van der Waals surface area contributed by atoms with Crippen molar-refractivity contribution in [2.45, 2.75) is 12.7 Å². The average Bonchev–Trinajstić information content (AvgIpc) is 2.77. The Bertz CT molecular complexity index is 1200. The van der Waals surface area contributed by atoms with Crippen LogP contribution < -0.4 is 5.32 Å². The fraction of sp³-hybridized carbons (Fsp3) is 0.0909. The van der Waals surface area contributed by atoms with Crippen LogP contribution >= 0.6 is 0 Å². The molecule has 0 unspecified atom stereocenters. The Morgan fingerprint density at radius 2 is 1.70 bits per heavy atom. The third-order valence-electron chi connectivity index (χ3n) is 4.45. The Labute approximate surface area is 169 Å². The highest BCUT2D eigenvalue weighted by molar-refractivity contribution is 5.95. The first-order valence-corrected chi connectivity index (χ1v) is 9.03. The molecule has 1 amide bonds. The van der Waals surface area contributed by atoms with Gasteiger partial charge in [-0.15, -0.1) is 0 Å². The van der Waals surface area contributed by atoms with E-state index < -0.39 is 17.6 Å². The number of carbonyl (C=O) groups excluding carboxylic acids is 1. The van der Waals surface area contributed by atoms with E-state index in [1.807, 2.05) is 0 Å². The van der Waals surface area contributed by atoms with Gasteiger partial charge in [-0.25, -0.2) is 4.98 Å². The SMILES string of the molecule is O=C(NCc1ccccn1)c1cnc2cc(-c3ccccc3)cc(C(F)(F)F)c2n1. The number of hydrogen-bond donors (Lipinski definition) is 1. The molecule has 0 fully saturated rings. The normalized spacial score (nSPS) is 11.4. The van der Waals surface area contributed by atoms with Crippen LogP contribution in [-0.4, -0.2) is 20.9 Å². The molecule has 0 aliphatic heterocycles. The zero-order chi connectivity index (χ0) is 21.1. The molecular formula is C22H15F3N4O. The van der Waals surface area contributed by atoms with E-state index in [1.165, 1.54) is 12.3 Å². The number of fused-ring (bicyclic) bond motifs is 1. The van der Waals surface area contributed by atoms with E-state index in [4.69, 9.17) is 0 Å². The van der Waals surface area contributed by atoms with Crippen LogP contribution in [0, 0.1) is 0 Å². The van der Waals surface area contributed by atoms with Gasteiger partial charge in [-0.2, -0.15) is 13.2 Å². The van der Waals surface area contributed by atoms with Gasteiger partial charge in [0.15, 0.2) is 0 Å². The average molecular weight is 408 g/mol. The molecule has 0 aliphatic rings. The Morgan fingerprint density at radius 3 is 2.40 bits per heavy atom. The van der Waals surface area contributed by atoms with Crippen molar-refractivity contribution in [3.8, 4) is 11.1 Å². The van der Waals surface area contributed by atoms with Crippen molar-refractivity contribution in [2.75, 3.05) is 0 Å². The zero-order valence-electron chi connectivity index (χ0n) is 15.5. The van der Waals surface area contributed by atoms with Gasteiger partial charge >= 0.3 is 6.18 Å². The highest BCUT2D eigenvalue weighted by Gasteiger charge is 2.34. The molecule has 0 saturated carbocycles. The Hall–Kier alpha value is -3.81. The van der Waals surface area contributed by atoms with Crippen LogP contribution in [0.5, 0.6) is 0 Å². The second-order valence-corrected chi connectivity index (χ2v) is 6.51. The van der Waals surface area contributed by atoms with Crippen LogP contribution in [0.1, 0.15) is 21.7 Å². The number of carbonyl (C=O) groups is 1. The first-order valence-electron chi connectivity index (χ1n) is 9.03. The quantitative estimate of drug-likeness (QED) is 0.534. The molecule has 0 saturated heterocycles. The molecule has 4 rings (SSSR count). The van der Waals surface area contributed by atoms with Gasteiger partial charge in [0.25, 0.3) is 5.91 Å². The lowest BCUT2D eigenvalue weighted by molar-refractivity contribution is -0.136. The van der Waals surface area contributed by atoms with Gasteiger partial charge < -0.3 is 5.32 Å². The van der Waals surface area contributed by atoms with E-state index in [0.29, 0.717) is 16.8 Å². The van der Waals surface area contributed by atoms with Crippen LogP contribution in [0.15, 0.2) is 73.1 Å². The maximum Gasteiger partial charge on any atom is 0.418 e. The smallest absolute Gasteiger partial charge is 0.345 e. The Balaban J connectivity index is 1.72. The van der Waals surface area contributed by atoms with E-state index in [0.717, 1.165) is 6.07 Å². The van der Waals surface area contributed by atoms with Gasteiger partial charge in [-0.3, -0.25) is 14.8 Å². The summed E-state index contributed by atoms with van der Waals surface area (Å²) < 4.78 is 41.2. The van der Waals surface area contributed by atoms with Crippen molar-refractivity contribution in [3.05, 3.63) is 90.0 Å². The van der Waals surface area contributed by atoms with Crippen molar-refractivity contribution in [3.63, 3.8) is 0 Å². The van der Waals surface area contributed by atoms with Crippen molar-refractivity contribution in [2.24, 2.45) is 0 Å². The van der Waals surface area contributed by atoms with Crippen LogP contribution in [0.2, 0.25) is 0 Å². The molecule has 0 bridgehead atoms. The third kappa shape index (κ3) is 4.12. The molecule has 0 atom stereocenters. The van der Waals surface area contributed by atoms with Crippen molar-refractivity contribution >= 4 is 16.9 Å². The molecule has 2 aromatic heterocycles. The Kier molecular flexibility index (Phi) is 5.14. The predicted molar refractivity (Wildman–Crippen MR) is 105 cm³/mol. The molecule has 1 N–H and O–H groups in total. The number of aromatic nitrogens is 3. The molecule has 2 heterocycles. The summed E-state index contributed by atoms with van der Waals surface area (Å²) in [6.07, 6.45) is -1.90. The van der Waals surface area contributed by atoms with Gasteiger partial charge in [0, 0.05) is 6.20 Å². The minimum Gasteiger partial charge on any atom is -0.345 e. The standard InChI is InChI=1S/C22H15F3N4O/c23-22(24,25)17-10-15(14-6-2-1-3-7-14)11-18-20(17)29-19(13-27-18)21(30)28-12-16-8-4-5-9-26-16/h1-11,13H,12H2,(H,28,30). The number of nitrogens with zero attached hydrogens (tertiary/aromatic N) is 3. The second kappa shape index (κ2) is 7.90. The van der Waals surface area contributed by atoms with Crippen molar-refractivity contribution < 1.29 is 18.0 Å². The molecule has 150 valence electrons. The lowest BCUT2D eigenvalue weighted by Crippen LogP contribution is -2.24. The fourth-order valence-corrected chi connectivity index (χ4v) is 3.00. The molecule has 2 aromatic carbocycles. The number of alkyl halides is 3. The topological polar surface area (TPSA) is 67.8 Å². The van der Waals surface area contributed by atoms with E-state index in [-0.39, 0.29) is 23.3 Å². The molecule has 0 spiro atoms. The maximum absolute atomic E-state index is 13.7. The number of benzene rings is 2. The van der Waals surface area contributed by atoms with E-state index in [1.54, 1.807) is 54.7 Å². The first kappa shape index (κ1) is 19.5. The summed E-state index contributed by atoms with van der Waals surface area (Å²) in [5.41, 5.74) is 0.170. The summed E-state index contributed by atoms with van der Waals surface area (Å²) in [6.45, 7) is 0.123. The summed E-state index contributed by atoms with van der Waals surface area (Å²) >= 11 is 0. The molecule has 4 aromatic rings. The van der Waals surface area contributed by atoms with Crippen LogP contribution in [0.25, 0.3) is 22.2 Å². The highest BCUT2D eigenvalue weighted by Crippen LogP contribution is 2.36. The summed E-state index contributed by atoms with van der Waals surface area (Å²) in [5, 5.41) is 2.59. The maximum atomic E-state index is 13.7. The van der Waals surface area contributed by atoms with Gasteiger partial charge in [-0.05, 0) is 35.4 Å². The number of hydrogen-bond acceptors (Lipinski definition) is 4. The summed E-state index contributed by atoms with van der Waals surface area (Å²) in [7, 11) is 0. The first-order chi connectivity index (χ1) is 14.4. The van der Waals surface area contributed by atoms with Gasteiger partial charge in [0.05, 0.1) is 29.5 Å². The molecule has 30 heavy (non-hydrogen) atoms. The lowest BCUT2D eigenvalue weighted by atomic mass is 10.0. The third-order valence-corrected chi connectivity index (χ3v) is 4.45. The van der Waals surface area contributed by atoms with Crippen molar-refractivity contribution in [1.29, 1.82) is 0 Å². The molecule has 5 nitrogen and oxygen atoms in total. The van der Waals surface area contributed by atoms with E-state index in [9.17, 15) is 18.0 Å². The van der Waals surface area contributed by atoms with Crippen LogP contribution in [-0.2, 0) is 12.7 Å². The van der Waals surface area contributed by atoms with E-state index in [2.05, 4.69) is 20.3 Å². The van der Waals surface area contributed by atoms with Gasteiger partial charge in [0.2, 0.25) is 0 Å². The van der Waals surface area contributed by atoms with E-state index >= 15 is 0 Å². The predicted octanol–water partition coefficient (Wildman–Crippen LogP) is 4.64. The molecule has 8 heteroatoms. The molecular weight excluding hydrogens is 393 g/mol. The molecule has 0 radical (unpaired) electrons. The number of nitrogens with one attached hydrogen (secondary N) is 1. The zero-order valence-corrected chi connectivity index (χ0v) is 15.5. The van der Waals surface area contributed by atoms with Crippen LogP contribution in [0.3, 0.4) is 0 Å². The number of halogens is 3. The summed E-state index contributed by atoms with van der Waals surface area (Å²) in [5.74, 6) is -0.629. The highest BCUT2D eigenvalue weighted by atomic mass is 19.4. The number of amides is 1. The van der Waals surface area contributed by atoms with Crippen LogP contribution in [0.4, 0.5) is 13.2 Å². The minimum absolute atomic E-state index is 0.0601. The number of rotatable bonds is 4. The lowest BCUT2D eigenvalue weighted by Gasteiger charge is -2.13. The van der Waals surface area contributed by atoms with Gasteiger partial charge in [-0.1, -0.05) is 36.4 Å². The minimum atomic E-state index is -4.65. The second-order valence-electron chi connectivity index (χ2n) is 6.51. The monoisotopic (exact) mass is 408 g/mol. The fourth-order valence-electron chi connectivity index (χ4n) is 3.00. The number of pyridine rings is 1. The summed E-state index contributed by atoms with van der Waals surface area (Å²) in [6, 6.07) is 16.5. The van der Waals surface area contributed by atoms with Crippen molar-refractivity contribution in [1.82, 2.24) is 20.3 Å².